The maximum atomic E-state index is 10.0. The summed E-state index contributed by atoms with van der Waals surface area (Å²) in [6.45, 7) is 18.0. The average molecular weight is 682 g/mol. The Morgan fingerprint density at radius 1 is 0.600 bits per heavy atom. The highest BCUT2D eigenvalue weighted by molar-refractivity contribution is 7.75. The molecule has 0 bridgehead atoms. The van der Waals surface area contributed by atoms with E-state index >= 15 is 0 Å². The number of carboxylic acids is 1. The van der Waals surface area contributed by atoms with E-state index in [0.29, 0.717) is 7.92 Å². The summed E-state index contributed by atoms with van der Waals surface area (Å²) in [5.74, 6) is -5.12. The molecular formula is C34H69NO8P2. The van der Waals surface area contributed by atoms with Crippen LogP contribution in [-0.4, -0.2) is 88.8 Å². The molecule has 0 aromatic heterocycles. The number of rotatable bonds is 18. The average Bonchev–Trinajstić information content (AvgIpc) is 3.05. The standard InChI is InChI=1S/C13H30P.C12H27P.C4H6O4.C3H4O4.C2H3N/c1-5-8-11-14(4,12-9-6-2)13-10-7-3;1-4-7-10-13(11-8-5-2)12-9-6-3;1-7-3(5)4(6)8-2;1-7-3(6)2(4)5;1-2-3/h5-13H2,1-4H3;4-12H2,1-3H3;1-2H3;1H3,(H,4,5);1H3/q+1;;;;/p-1. The van der Waals surface area contributed by atoms with Crippen LogP contribution < -0.4 is 5.11 Å². The van der Waals surface area contributed by atoms with E-state index in [1.165, 1.54) is 84.0 Å². The zero-order valence-electron chi connectivity index (χ0n) is 30.8. The molecule has 0 unspecified atom stereocenters. The quantitative estimate of drug-likeness (QED) is 0.0616. The van der Waals surface area contributed by atoms with Crippen molar-refractivity contribution in [3.05, 3.63) is 0 Å². The minimum absolute atomic E-state index is 0.422. The number of esters is 3. The van der Waals surface area contributed by atoms with Crippen molar-refractivity contribution in [1.29, 1.82) is 5.26 Å². The van der Waals surface area contributed by atoms with E-state index in [2.05, 4.69) is 62.4 Å². The van der Waals surface area contributed by atoms with Crippen molar-refractivity contribution in [2.75, 3.05) is 65.0 Å². The van der Waals surface area contributed by atoms with Gasteiger partial charge in [-0.1, -0.05) is 80.1 Å². The maximum absolute atomic E-state index is 10.0. The van der Waals surface area contributed by atoms with Gasteiger partial charge in [-0.05, 0) is 57.0 Å². The van der Waals surface area contributed by atoms with Gasteiger partial charge in [0.05, 0.1) is 45.9 Å². The van der Waals surface area contributed by atoms with Gasteiger partial charge in [0.15, 0.2) is 5.97 Å². The van der Waals surface area contributed by atoms with E-state index in [0.717, 1.165) is 21.3 Å². The number of carbonyl (C=O) groups excluding carboxylic acids is 4. The van der Waals surface area contributed by atoms with Crippen LogP contribution in [0.4, 0.5) is 0 Å². The summed E-state index contributed by atoms with van der Waals surface area (Å²) < 4.78 is 11.7. The first-order chi connectivity index (χ1) is 21.3. The van der Waals surface area contributed by atoms with Crippen LogP contribution in [0.1, 0.15) is 126 Å². The maximum Gasteiger partial charge on any atom is 0.417 e. The Morgan fingerprint density at radius 2 is 0.844 bits per heavy atom. The Balaban J connectivity index is -0.000000159. The zero-order chi connectivity index (χ0) is 35.9. The Hall–Kier alpha value is -1.77. The molecule has 9 nitrogen and oxygen atoms in total. The molecule has 0 radical (unpaired) electrons. The Bertz CT molecular complexity index is 675. The van der Waals surface area contributed by atoms with Crippen LogP contribution in [0.5, 0.6) is 0 Å². The summed E-state index contributed by atoms with van der Waals surface area (Å²) in [4.78, 5) is 39.1. The topological polar surface area (TPSA) is 143 Å². The van der Waals surface area contributed by atoms with Gasteiger partial charge in [0.2, 0.25) is 0 Å². The van der Waals surface area contributed by atoms with Crippen LogP contribution >= 0.6 is 15.2 Å². The number of carboxylic acid groups (broad SMARTS) is 1. The fraction of sp³-hybridized carbons (Fsp3) is 0.853. The molecule has 0 aromatic rings. The highest BCUT2D eigenvalue weighted by Crippen LogP contribution is 2.57. The van der Waals surface area contributed by atoms with Crippen LogP contribution in [0.15, 0.2) is 0 Å². The van der Waals surface area contributed by atoms with Crippen molar-refractivity contribution in [1.82, 2.24) is 0 Å². The molecule has 0 N–H and O–H groups in total. The van der Waals surface area contributed by atoms with Gasteiger partial charge in [-0.2, -0.15) is 5.26 Å². The van der Waals surface area contributed by atoms with Gasteiger partial charge in [0.25, 0.3) is 0 Å². The second kappa shape index (κ2) is 42.2. The molecule has 0 rings (SSSR count). The molecule has 0 saturated heterocycles. The lowest BCUT2D eigenvalue weighted by Crippen LogP contribution is -2.32. The number of carbonyl (C=O) groups is 4. The molecule has 0 amide bonds. The summed E-state index contributed by atoms with van der Waals surface area (Å²) in [6.07, 6.45) is 26.4. The van der Waals surface area contributed by atoms with Crippen molar-refractivity contribution in [3.8, 4) is 6.07 Å². The molecule has 0 saturated carbocycles. The van der Waals surface area contributed by atoms with Crippen LogP contribution in [0.2, 0.25) is 0 Å². The fourth-order valence-corrected chi connectivity index (χ4v) is 10.6. The van der Waals surface area contributed by atoms with Gasteiger partial charge in [-0.15, -0.1) is 7.92 Å². The highest BCUT2D eigenvalue weighted by atomic mass is 31.2. The number of unbranched alkanes of at least 4 members (excludes halogenated alkanes) is 6. The molecule has 0 heterocycles. The molecule has 0 aliphatic heterocycles. The number of methoxy groups -OCH3 is 3. The first kappa shape index (κ1) is 52.7. The highest BCUT2D eigenvalue weighted by Gasteiger charge is 2.28. The molecule has 268 valence electrons. The number of nitriles is 1. The van der Waals surface area contributed by atoms with E-state index in [1.807, 2.05) is 0 Å². The van der Waals surface area contributed by atoms with E-state index < -0.39 is 31.1 Å². The monoisotopic (exact) mass is 681 g/mol. The second-order valence-corrected chi connectivity index (χ2v) is 18.0. The van der Waals surface area contributed by atoms with Gasteiger partial charge in [0, 0.05) is 20.9 Å². The van der Waals surface area contributed by atoms with Gasteiger partial charge in [-0.25, -0.2) is 14.4 Å². The third kappa shape index (κ3) is 44.4. The first-order valence-corrected chi connectivity index (χ1v) is 21.4. The smallest absolute Gasteiger partial charge is 0.417 e. The zero-order valence-corrected chi connectivity index (χ0v) is 32.6. The van der Waals surface area contributed by atoms with Gasteiger partial charge >= 0.3 is 17.9 Å². The SMILES string of the molecule is CC#N.CCCCP(CCCC)CCCC.CCCC[P+](C)(CCCC)CCCC.COC(=O)C(=O)OC.COC(=O)C(=O)[O-]. The van der Waals surface area contributed by atoms with E-state index in [4.69, 9.17) is 5.26 Å². The van der Waals surface area contributed by atoms with Crippen LogP contribution in [-0.2, 0) is 33.4 Å². The van der Waals surface area contributed by atoms with Crippen LogP contribution in [0, 0.1) is 11.3 Å². The van der Waals surface area contributed by atoms with E-state index in [9.17, 15) is 24.3 Å². The number of hydrogen-bond acceptors (Lipinski definition) is 9. The van der Waals surface area contributed by atoms with E-state index in [1.54, 1.807) is 43.0 Å². The Labute approximate surface area is 279 Å². The number of hydrogen-bond donors (Lipinski definition) is 0. The predicted molar refractivity (Wildman–Crippen MR) is 191 cm³/mol. The largest absolute Gasteiger partial charge is 0.539 e. The van der Waals surface area contributed by atoms with Crippen LogP contribution in [0.25, 0.3) is 0 Å². The summed E-state index contributed by atoms with van der Waals surface area (Å²) >= 11 is 0. The molecule has 11 heteroatoms. The normalized spacial score (nSPS) is 9.67. The summed E-state index contributed by atoms with van der Waals surface area (Å²) in [6, 6.07) is 1.75. The lowest BCUT2D eigenvalue weighted by atomic mass is 10.4. The number of ether oxygens (including phenoxy) is 3. The number of nitrogens with zero attached hydrogens (tertiary/aromatic N) is 1. The predicted octanol–water partition coefficient (Wildman–Crippen LogP) is 7.67. The van der Waals surface area contributed by atoms with Crippen molar-refractivity contribution in [2.45, 2.75) is 126 Å². The molecule has 0 spiro atoms. The Morgan fingerprint density at radius 3 is 1.00 bits per heavy atom. The molecule has 0 aliphatic carbocycles. The van der Waals surface area contributed by atoms with Crippen molar-refractivity contribution < 1.29 is 38.5 Å². The first-order valence-electron chi connectivity index (χ1n) is 16.7. The summed E-state index contributed by atoms with van der Waals surface area (Å²) in [5.41, 5.74) is 0. The molecule has 0 atom stereocenters. The third-order valence-electron chi connectivity index (χ3n) is 6.53. The third-order valence-corrected chi connectivity index (χ3v) is 13.6. The lowest BCUT2D eigenvalue weighted by molar-refractivity contribution is -0.303. The molecule has 0 fully saturated rings. The molecular weight excluding hydrogens is 612 g/mol. The fourth-order valence-electron chi connectivity index (χ4n) is 3.69. The molecule has 45 heavy (non-hydrogen) atoms. The van der Waals surface area contributed by atoms with Crippen molar-refractivity contribution in [3.63, 3.8) is 0 Å². The number of aliphatic carboxylic acids is 1. The lowest BCUT2D eigenvalue weighted by Gasteiger charge is -2.22. The minimum Gasteiger partial charge on any atom is -0.539 e. The van der Waals surface area contributed by atoms with Crippen molar-refractivity contribution >= 4 is 39.1 Å². The van der Waals surface area contributed by atoms with Gasteiger partial charge < -0.3 is 24.1 Å². The molecule has 0 aromatic carbocycles. The van der Waals surface area contributed by atoms with Crippen molar-refractivity contribution in [2.24, 2.45) is 0 Å². The molecule has 0 aliphatic rings. The van der Waals surface area contributed by atoms with Gasteiger partial charge in [-0.3, -0.25) is 0 Å². The Kier molecular flexibility index (Phi) is 49.5. The summed E-state index contributed by atoms with van der Waals surface area (Å²) in [7, 11) is 3.09. The summed E-state index contributed by atoms with van der Waals surface area (Å²) in [5, 5.41) is 16.7. The second-order valence-electron chi connectivity index (χ2n) is 10.7. The van der Waals surface area contributed by atoms with E-state index in [-0.39, 0.29) is 0 Å². The minimum atomic E-state index is -1.82. The van der Waals surface area contributed by atoms with Crippen LogP contribution in [0.3, 0.4) is 0 Å². The van der Waals surface area contributed by atoms with Gasteiger partial charge in [0.1, 0.15) is 0 Å².